The van der Waals surface area contributed by atoms with Crippen LogP contribution in [0.25, 0.3) is 0 Å². The van der Waals surface area contributed by atoms with Crippen molar-refractivity contribution in [2.24, 2.45) is 0 Å². The number of carbonyl (C=O) groups is 1. The van der Waals surface area contributed by atoms with Gasteiger partial charge in [0.15, 0.2) is 0 Å². The van der Waals surface area contributed by atoms with Crippen LogP contribution in [0.5, 0.6) is 0 Å². The van der Waals surface area contributed by atoms with Crippen LogP contribution < -0.4 is 5.32 Å². The summed E-state index contributed by atoms with van der Waals surface area (Å²) in [5.41, 5.74) is 2.43. The topological polar surface area (TPSA) is 55.8 Å². The lowest BCUT2D eigenvalue weighted by atomic mass is 10.00. The maximum Gasteiger partial charge on any atom is 0.319 e. The number of piperidine rings is 1. The second-order valence-electron chi connectivity index (χ2n) is 6.44. The highest BCUT2D eigenvalue weighted by atomic mass is 16.3. The van der Waals surface area contributed by atoms with Crippen LogP contribution >= 0.6 is 0 Å². The normalized spacial score (nSPS) is 17.1. The molecule has 0 aliphatic carbocycles. The fraction of sp³-hybridized carbons (Fsp3) is 0.611. The molecule has 1 aliphatic heterocycles. The second kappa shape index (κ2) is 8.31. The van der Waals surface area contributed by atoms with E-state index in [9.17, 15) is 9.90 Å². The van der Waals surface area contributed by atoms with Gasteiger partial charge in [0.2, 0.25) is 0 Å². The molecule has 2 amide bonds. The molecule has 1 fully saturated rings. The van der Waals surface area contributed by atoms with Crippen molar-refractivity contribution in [1.82, 2.24) is 15.1 Å². The van der Waals surface area contributed by atoms with E-state index in [1.165, 1.54) is 5.56 Å². The number of likely N-dealkylation sites (tertiary alicyclic amines) is 1. The van der Waals surface area contributed by atoms with Gasteiger partial charge in [0, 0.05) is 33.2 Å². The Kier molecular flexibility index (Phi) is 6.42. The molecule has 1 saturated heterocycles. The predicted molar refractivity (Wildman–Crippen MR) is 92.5 cm³/mol. The number of benzene rings is 1. The van der Waals surface area contributed by atoms with Crippen molar-refractivity contribution in [2.45, 2.75) is 38.3 Å². The van der Waals surface area contributed by atoms with Crippen molar-refractivity contribution in [2.75, 3.05) is 33.8 Å². The van der Waals surface area contributed by atoms with Gasteiger partial charge in [-0.25, -0.2) is 4.79 Å². The minimum atomic E-state index is -0.0398. The van der Waals surface area contributed by atoms with Crippen molar-refractivity contribution in [3.63, 3.8) is 0 Å². The Morgan fingerprint density at radius 2 is 1.91 bits per heavy atom. The molecule has 0 aromatic heterocycles. The molecule has 0 bridgehead atoms. The number of nitrogens with zero attached hydrogens (tertiary/aromatic N) is 2. The number of aliphatic hydroxyl groups is 1. The number of hydrogen-bond donors (Lipinski definition) is 2. The molecule has 23 heavy (non-hydrogen) atoms. The zero-order valence-electron chi connectivity index (χ0n) is 14.5. The van der Waals surface area contributed by atoms with Crippen molar-refractivity contribution < 1.29 is 9.90 Å². The number of aryl methyl sites for hydroxylation is 1. The van der Waals surface area contributed by atoms with Crippen LogP contribution in [-0.2, 0) is 6.42 Å². The number of nitrogens with one attached hydrogen (secondary N) is 1. The summed E-state index contributed by atoms with van der Waals surface area (Å²) >= 11 is 0. The summed E-state index contributed by atoms with van der Waals surface area (Å²) in [4.78, 5) is 15.5. The van der Waals surface area contributed by atoms with Crippen LogP contribution in [0.4, 0.5) is 4.79 Å². The van der Waals surface area contributed by atoms with Gasteiger partial charge in [-0.15, -0.1) is 0 Å². The van der Waals surface area contributed by atoms with Crippen molar-refractivity contribution in [3.05, 3.63) is 35.4 Å². The van der Waals surface area contributed by atoms with Gasteiger partial charge in [0.1, 0.15) is 0 Å². The van der Waals surface area contributed by atoms with E-state index in [2.05, 4.69) is 36.5 Å². The van der Waals surface area contributed by atoms with E-state index in [1.54, 1.807) is 19.0 Å². The number of hydrogen-bond acceptors (Lipinski definition) is 3. The first-order valence-corrected chi connectivity index (χ1v) is 8.47. The predicted octanol–water partition coefficient (Wildman–Crippen LogP) is 2.02. The lowest BCUT2D eigenvalue weighted by Crippen LogP contribution is -2.48. The highest BCUT2D eigenvalue weighted by molar-refractivity contribution is 5.73. The van der Waals surface area contributed by atoms with E-state index >= 15 is 0 Å². The number of urea groups is 1. The third kappa shape index (κ3) is 4.69. The van der Waals surface area contributed by atoms with E-state index in [4.69, 9.17) is 0 Å². The van der Waals surface area contributed by atoms with Gasteiger partial charge in [-0.3, -0.25) is 0 Å². The van der Waals surface area contributed by atoms with Crippen molar-refractivity contribution in [1.29, 1.82) is 0 Å². The molecule has 1 aromatic carbocycles. The van der Waals surface area contributed by atoms with Crippen LogP contribution in [0.1, 0.15) is 36.9 Å². The lowest BCUT2D eigenvalue weighted by molar-refractivity contribution is 0.146. The molecule has 0 spiro atoms. The monoisotopic (exact) mass is 319 g/mol. The summed E-state index contributed by atoms with van der Waals surface area (Å²) in [6, 6.07) is 8.81. The Hall–Kier alpha value is -1.59. The standard InChI is InChI=1S/C18H29N3O2/c1-4-14-5-7-15(8-6-14)17(13-22)19-16-9-11-21(12-10-16)18(23)20(2)3/h5-8,16-17,19,22H,4,9-13H2,1-3H3. The SMILES string of the molecule is CCc1ccc(C(CO)NC2CCN(C(=O)N(C)C)CC2)cc1. The number of aliphatic hydroxyl groups excluding tert-OH is 1. The summed E-state index contributed by atoms with van der Waals surface area (Å²) in [7, 11) is 3.57. The van der Waals surface area contributed by atoms with Gasteiger partial charge in [0.05, 0.1) is 12.6 Å². The zero-order chi connectivity index (χ0) is 16.8. The van der Waals surface area contributed by atoms with Crippen LogP contribution in [-0.4, -0.2) is 60.8 Å². The zero-order valence-corrected chi connectivity index (χ0v) is 14.5. The molecule has 1 heterocycles. The smallest absolute Gasteiger partial charge is 0.319 e. The summed E-state index contributed by atoms with van der Waals surface area (Å²) < 4.78 is 0. The molecule has 1 unspecified atom stereocenters. The molecule has 5 nitrogen and oxygen atoms in total. The van der Waals surface area contributed by atoms with Crippen molar-refractivity contribution in [3.8, 4) is 0 Å². The maximum atomic E-state index is 12.0. The molecular formula is C18H29N3O2. The van der Waals surface area contributed by atoms with Gasteiger partial charge >= 0.3 is 6.03 Å². The molecule has 1 aromatic rings. The van der Waals surface area contributed by atoms with Gasteiger partial charge in [-0.1, -0.05) is 31.2 Å². The first kappa shape index (κ1) is 17.8. The minimum absolute atomic E-state index is 0.0398. The molecule has 0 saturated carbocycles. The molecular weight excluding hydrogens is 290 g/mol. The van der Waals surface area contributed by atoms with Gasteiger partial charge in [0.25, 0.3) is 0 Å². The molecule has 5 heteroatoms. The highest BCUT2D eigenvalue weighted by Crippen LogP contribution is 2.19. The Bertz CT molecular complexity index is 493. The first-order chi connectivity index (χ1) is 11.0. The third-order valence-corrected chi connectivity index (χ3v) is 4.56. The molecule has 1 atom stereocenters. The Labute approximate surface area is 139 Å². The maximum absolute atomic E-state index is 12.0. The first-order valence-electron chi connectivity index (χ1n) is 8.47. The van der Waals surface area contributed by atoms with Crippen molar-refractivity contribution >= 4 is 6.03 Å². The fourth-order valence-corrected chi connectivity index (χ4v) is 3.04. The largest absolute Gasteiger partial charge is 0.394 e. The average Bonchev–Trinajstić information content (AvgIpc) is 2.59. The quantitative estimate of drug-likeness (QED) is 0.873. The van der Waals surface area contributed by atoms with Crippen LogP contribution in [0.15, 0.2) is 24.3 Å². The van der Waals surface area contributed by atoms with E-state index in [-0.39, 0.29) is 18.7 Å². The summed E-state index contributed by atoms with van der Waals surface area (Å²) in [5, 5.41) is 13.3. The van der Waals surface area contributed by atoms with Gasteiger partial charge in [-0.2, -0.15) is 0 Å². The molecule has 128 valence electrons. The Balaban J connectivity index is 1.89. The average molecular weight is 319 g/mol. The van der Waals surface area contributed by atoms with Crippen LogP contribution in [0.3, 0.4) is 0 Å². The van der Waals surface area contributed by atoms with E-state index in [0.29, 0.717) is 6.04 Å². The van der Waals surface area contributed by atoms with Crippen LogP contribution in [0.2, 0.25) is 0 Å². The van der Waals surface area contributed by atoms with Crippen LogP contribution in [0, 0.1) is 0 Å². The summed E-state index contributed by atoms with van der Waals surface area (Å²) in [6.45, 7) is 3.76. The molecule has 2 rings (SSSR count). The third-order valence-electron chi connectivity index (χ3n) is 4.56. The minimum Gasteiger partial charge on any atom is -0.394 e. The van der Waals surface area contributed by atoms with Gasteiger partial charge in [-0.05, 0) is 30.4 Å². The van der Waals surface area contributed by atoms with E-state index in [0.717, 1.165) is 37.9 Å². The second-order valence-corrected chi connectivity index (χ2v) is 6.44. The molecule has 1 aliphatic rings. The number of carbonyl (C=O) groups excluding carboxylic acids is 1. The summed E-state index contributed by atoms with van der Waals surface area (Å²) in [5.74, 6) is 0. The van der Waals surface area contributed by atoms with Gasteiger partial charge < -0.3 is 20.2 Å². The molecule has 2 N–H and O–H groups in total. The lowest BCUT2D eigenvalue weighted by Gasteiger charge is -2.35. The Morgan fingerprint density at radius 1 is 1.30 bits per heavy atom. The highest BCUT2D eigenvalue weighted by Gasteiger charge is 2.25. The van der Waals surface area contributed by atoms with E-state index < -0.39 is 0 Å². The number of amides is 2. The molecule has 0 radical (unpaired) electrons. The number of rotatable bonds is 5. The summed E-state index contributed by atoms with van der Waals surface area (Å²) in [6.07, 6.45) is 2.86. The van der Waals surface area contributed by atoms with E-state index in [1.807, 2.05) is 4.90 Å². The Morgan fingerprint density at radius 3 is 2.39 bits per heavy atom. The fourth-order valence-electron chi connectivity index (χ4n) is 3.04.